The van der Waals surface area contributed by atoms with Crippen LogP contribution in [0, 0.1) is 10.1 Å². The fourth-order valence-electron chi connectivity index (χ4n) is 1.55. The van der Waals surface area contributed by atoms with Gasteiger partial charge in [-0.05, 0) is 24.6 Å². The molecule has 0 aliphatic carbocycles. The van der Waals surface area contributed by atoms with E-state index in [-0.39, 0.29) is 11.6 Å². The Balaban J connectivity index is 2.27. The lowest BCUT2D eigenvalue weighted by Gasteiger charge is -2.04. The van der Waals surface area contributed by atoms with Gasteiger partial charge in [0.15, 0.2) is 0 Å². The van der Waals surface area contributed by atoms with E-state index in [9.17, 15) is 10.1 Å². The minimum Gasteiger partial charge on any atom is -0.378 e. The maximum atomic E-state index is 10.9. The monoisotopic (exact) mass is 350 g/mol. The number of hydrazone groups is 1. The van der Waals surface area contributed by atoms with E-state index in [0.29, 0.717) is 5.71 Å². The first-order chi connectivity index (χ1) is 9.99. The minimum absolute atomic E-state index is 0.0519. The van der Waals surface area contributed by atoms with Crippen LogP contribution in [0.4, 0.5) is 17.3 Å². The summed E-state index contributed by atoms with van der Waals surface area (Å²) in [5, 5.41) is 15.0. The average molecular weight is 351 g/mol. The first-order valence-electron chi connectivity index (χ1n) is 5.80. The van der Waals surface area contributed by atoms with Crippen molar-refractivity contribution in [3.63, 3.8) is 0 Å². The van der Waals surface area contributed by atoms with Crippen LogP contribution < -0.4 is 11.2 Å². The highest BCUT2D eigenvalue weighted by atomic mass is 79.9. The summed E-state index contributed by atoms with van der Waals surface area (Å²) < 4.78 is 0.950. The summed E-state index contributed by atoms with van der Waals surface area (Å²) in [4.78, 5) is 17.7. The summed E-state index contributed by atoms with van der Waals surface area (Å²) in [7, 11) is 0. The number of nitrogens with two attached hydrogens (primary N) is 1. The van der Waals surface area contributed by atoms with Crippen molar-refractivity contribution < 1.29 is 4.92 Å². The Bertz CT molecular complexity index is 701. The third kappa shape index (κ3) is 3.51. The third-order valence-corrected chi connectivity index (χ3v) is 3.15. The van der Waals surface area contributed by atoms with Gasteiger partial charge in [0.05, 0.1) is 10.6 Å². The topological polar surface area (TPSA) is 119 Å². The number of hydrogen-bond acceptors (Lipinski definition) is 7. The Kier molecular flexibility index (Phi) is 4.43. The molecule has 2 aromatic rings. The van der Waals surface area contributed by atoms with Crippen molar-refractivity contribution in [2.45, 2.75) is 6.92 Å². The van der Waals surface area contributed by atoms with Gasteiger partial charge in [0, 0.05) is 4.47 Å². The van der Waals surface area contributed by atoms with E-state index in [4.69, 9.17) is 5.73 Å². The average Bonchev–Trinajstić information content (AvgIpc) is 2.45. The number of nitrogens with zero attached hydrogens (tertiary/aromatic N) is 4. The van der Waals surface area contributed by atoms with Gasteiger partial charge in [-0.2, -0.15) is 5.10 Å². The molecule has 108 valence electrons. The van der Waals surface area contributed by atoms with Gasteiger partial charge in [-0.25, -0.2) is 9.97 Å². The number of hydrogen-bond donors (Lipinski definition) is 2. The largest absolute Gasteiger partial charge is 0.378 e. The second kappa shape index (κ2) is 6.27. The van der Waals surface area contributed by atoms with E-state index in [1.54, 1.807) is 6.92 Å². The van der Waals surface area contributed by atoms with Crippen molar-refractivity contribution in [1.29, 1.82) is 0 Å². The zero-order chi connectivity index (χ0) is 15.4. The summed E-state index contributed by atoms with van der Waals surface area (Å²) in [6, 6.07) is 7.49. The summed E-state index contributed by atoms with van der Waals surface area (Å²) >= 11 is 3.34. The lowest BCUT2D eigenvalue weighted by Crippen LogP contribution is -2.06. The Hall–Kier alpha value is -2.55. The van der Waals surface area contributed by atoms with E-state index in [1.165, 1.54) is 0 Å². The van der Waals surface area contributed by atoms with Crippen LogP contribution in [-0.4, -0.2) is 20.6 Å². The van der Waals surface area contributed by atoms with Crippen molar-refractivity contribution in [2.75, 3.05) is 11.2 Å². The van der Waals surface area contributed by atoms with Crippen molar-refractivity contribution in [1.82, 2.24) is 9.97 Å². The summed E-state index contributed by atoms with van der Waals surface area (Å²) in [5.74, 6) is -0.266. The van der Waals surface area contributed by atoms with Gasteiger partial charge in [0.2, 0.25) is 11.6 Å². The molecule has 21 heavy (non-hydrogen) atoms. The number of halogens is 1. The summed E-state index contributed by atoms with van der Waals surface area (Å²) in [5.41, 5.74) is 9.14. The molecule has 0 bridgehead atoms. The van der Waals surface area contributed by atoms with Crippen molar-refractivity contribution in [3.05, 3.63) is 50.7 Å². The lowest BCUT2D eigenvalue weighted by atomic mass is 10.1. The van der Waals surface area contributed by atoms with Gasteiger partial charge in [-0.1, -0.05) is 28.1 Å². The van der Waals surface area contributed by atoms with E-state index >= 15 is 0 Å². The molecule has 8 nitrogen and oxygen atoms in total. The maximum Gasteiger partial charge on any atom is 0.354 e. The van der Waals surface area contributed by atoms with Crippen molar-refractivity contribution >= 4 is 39.0 Å². The van der Waals surface area contributed by atoms with E-state index in [2.05, 4.69) is 36.4 Å². The molecule has 0 aliphatic rings. The Morgan fingerprint density at radius 1 is 1.38 bits per heavy atom. The number of nitro groups is 1. The summed E-state index contributed by atoms with van der Waals surface area (Å²) in [6.07, 6.45) is 1.13. The molecule has 0 saturated carbocycles. The molecule has 0 saturated heterocycles. The third-order valence-electron chi connectivity index (χ3n) is 2.62. The van der Waals surface area contributed by atoms with Gasteiger partial charge < -0.3 is 5.73 Å². The van der Waals surface area contributed by atoms with Gasteiger partial charge in [-0.15, -0.1) is 0 Å². The zero-order valence-corrected chi connectivity index (χ0v) is 12.5. The molecule has 1 aromatic heterocycles. The standard InChI is InChI=1S/C12H11BrN6O2/c1-7(8-2-4-9(13)5-3-8)17-18-12-10(19(20)21)11(14)15-6-16-12/h2-6H,1H3,(H3,14,15,16,18)/b17-7-. The maximum absolute atomic E-state index is 10.9. The molecule has 0 unspecified atom stereocenters. The highest BCUT2D eigenvalue weighted by Gasteiger charge is 2.20. The normalized spacial score (nSPS) is 11.2. The van der Waals surface area contributed by atoms with Crippen LogP contribution in [0.3, 0.4) is 0 Å². The molecular formula is C12H11BrN6O2. The second-order valence-corrected chi connectivity index (χ2v) is 4.94. The van der Waals surface area contributed by atoms with E-state index in [0.717, 1.165) is 16.4 Å². The molecule has 1 aromatic carbocycles. The molecule has 0 atom stereocenters. The molecule has 0 aliphatic heterocycles. The number of rotatable bonds is 4. The highest BCUT2D eigenvalue weighted by molar-refractivity contribution is 9.10. The van der Waals surface area contributed by atoms with Crippen LogP contribution in [0.1, 0.15) is 12.5 Å². The van der Waals surface area contributed by atoms with Crippen LogP contribution >= 0.6 is 15.9 Å². The molecule has 2 rings (SSSR count). The molecule has 0 fully saturated rings. The van der Waals surface area contributed by atoms with Gasteiger partial charge in [0.25, 0.3) is 0 Å². The number of benzene rings is 1. The molecule has 0 spiro atoms. The number of nitrogen functional groups attached to an aromatic ring is 1. The minimum atomic E-state index is -0.651. The molecule has 9 heteroatoms. The molecule has 1 heterocycles. The Labute approximate surface area is 128 Å². The van der Waals surface area contributed by atoms with Crippen LogP contribution in [0.25, 0.3) is 0 Å². The predicted molar refractivity (Wildman–Crippen MR) is 83.1 cm³/mol. The Morgan fingerprint density at radius 2 is 2.05 bits per heavy atom. The summed E-state index contributed by atoms with van der Waals surface area (Å²) in [6.45, 7) is 1.77. The quantitative estimate of drug-likeness (QED) is 0.496. The van der Waals surface area contributed by atoms with Gasteiger partial charge in [-0.3, -0.25) is 15.5 Å². The van der Waals surface area contributed by atoms with Crippen LogP contribution in [0.5, 0.6) is 0 Å². The van der Waals surface area contributed by atoms with Gasteiger partial charge >= 0.3 is 5.69 Å². The first-order valence-corrected chi connectivity index (χ1v) is 6.59. The second-order valence-electron chi connectivity index (χ2n) is 4.03. The molecule has 0 radical (unpaired) electrons. The fraction of sp³-hybridized carbons (Fsp3) is 0.0833. The van der Waals surface area contributed by atoms with Crippen molar-refractivity contribution in [3.8, 4) is 0 Å². The highest BCUT2D eigenvalue weighted by Crippen LogP contribution is 2.26. The van der Waals surface area contributed by atoms with Crippen molar-refractivity contribution in [2.24, 2.45) is 5.10 Å². The van der Waals surface area contributed by atoms with Crippen LogP contribution in [0.2, 0.25) is 0 Å². The molecular weight excluding hydrogens is 340 g/mol. The fourth-order valence-corrected chi connectivity index (χ4v) is 1.81. The smallest absolute Gasteiger partial charge is 0.354 e. The van der Waals surface area contributed by atoms with E-state index in [1.807, 2.05) is 24.3 Å². The van der Waals surface area contributed by atoms with Crippen LogP contribution in [0.15, 0.2) is 40.2 Å². The zero-order valence-electron chi connectivity index (χ0n) is 10.9. The number of nitrogens with one attached hydrogen (secondary N) is 1. The van der Waals surface area contributed by atoms with Gasteiger partial charge in [0.1, 0.15) is 6.33 Å². The first kappa shape index (κ1) is 14.9. The number of aromatic nitrogens is 2. The Morgan fingerprint density at radius 3 is 2.67 bits per heavy atom. The predicted octanol–water partition coefficient (Wildman–Crippen LogP) is 2.57. The molecule has 0 amide bonds. The molecule has 3 N–H and O–H groups in total. The van der Waals surface area contributed by atoms with Crippen LogP contribution in [-0.2, 0) is 0 Å². The lowest BCUT2D eigenvalue weighted by molar-refractivity contribution is -0.383. The van der Waals surface area contributed by atoms with E-state index < -0.39 is 10.6 Å². The SMILES string of the molecule is C/C(=N/Nc1ncnc(N)c1[N+](=O)[O-])c1ccc(Br)cc1. The number of anilines is 2.